The summed E-state index contributed by atoms with van der Waals surface area (Å²) in [5.41, 5.74) is 2.07. The number of methoxy groups -OCH3 is 1. The average molecular weight is 426 g/mol. The molecule has 2 fully saturated rings. The van der Waals surface area contributed by atoms with Gasteiger partial charge in [0.25, 0.3) is 5.91 Å². The van der Waals surface area contributed by atoms with Gasteiger partial charge in [-0.3, -0.25) is 9.69 Å². The van der Waals surface area contributed by atoms with Crippen molar-refractivity contribution in [2.24, 2.45) is 4.99 Å². The number of thioether (sulfide) groups is 1. The van der Waals surface area contributed by atoms with E-state index in [9.17, 15) is 9.18 Å². The van der Waals surface area contributed by atoms with Crippen molar-refractivity contribution < 1.29 is 13.9 Å². The van der Waals surface area contributed by atoms with Crippen LogP contribution in [0.15, 0.2) is 58.4 Å². The number of anilines is 1. The highest BCUT2D eigenvalue weighted by Gasteiger charge is 2.33. The number of aliphatic imine (C=N–C) groups is 1. The molecule has 2 saturated heterocycles. The van der Waals surface area contributed by atoms with Crippen molar-refractivity contribution in [3.8, 4) is 0 Å². The number of para-hydroxylation sites is 1. The number of ether oxygens (including phenoxy) is 1. The van der Waals surface area contributed by atoms with Gasteiger partial charge in [-0.05, 0) is 60.5 Å². The molecule has 2 aromatic rings. The van der Waals surface area contributed by atoms with Crippen molar-refractivity contribution in [2.45, 2.75) is 12.8 Å². The molecule has 0 spiro atoms. The minimum absolute atomic E-state index is 0.143. The predicted octanol–water partition coefficient (Wildman–Crippen LogP) is 4.68. The molecule has 30 heavy (non-hydrogen) atoms. The SMILES string of the molecule is COCCN1C(=O)/C(=C/c2ccc(N3CCCC3)c(F)c2)SC1=Nc1ccccc1. The summed E-state index contributed by atoms with van der Waals surface area (Å²) in [6.07, 6.45) is 3.92. The lowest BCUT2D eigenvalue weighted by atomic mass is 10.1. The van der Waals surface area contributed by atoms with E-state index in [1.165, 1.54) is 17.8 Å². The molecule has 2 aliphatic heterocycles. The maximum atomic E-state index is 14.7. The van der Waals surface area contributed by atoms with Crippen LogP contribution in [0.1, 0.15) is 18.4 Å². The molecular formula is C23H24FN3O2S. The standard InChI is InChI=1S/C23H24FN3O2S/c1-29-14-13-27-22(28)21(30-23(27)25-18-7-3-2-4-8-18)16-17-9-10-20(19(24)15-17)26-11-5-6-12-26/h2-4,7-10,15-16H,5-6,11-14H2,1H3/b21-16-,25-23?. The number of benzene rings is 2. The summed E-state index contributed by atoms with van der Waals surface area (Å²) in [7, 11) is 1.60. The molecule has 2 heterocycles. The first-order valence-electron chi connectivity index (χ1n) is 10.0. The van der Waals surface area contributed by atoms with Gasteiger partial charge in [0.1, 0.15) is 5.82 Å². The molecule has 2 aliphatic rings. The first-order chi connectivity index (χ1) is 14.7. The third-order valence-electron chi connectivity index (χ3n) is 5.10. The van der Waals surface area contributed by atoms with Crippen LogP contribution in [0.25, 0.3) is 6.08 Å². The topological polar surface area (TPSA) is 45.1 Å². The fourth-order valence-corrected chi connectivity index (χ4v) is 4.59. The quantitative estimate of drug-likeness (QED) is 0.631. The van der Waals surface area contributed by atoms with Crippen LogP contribution in [0.4, 0.5) is 15.8 Å². The molecule has 0 bridgehead atoms. The molecule has 156 valence electrons. The Hall–Kier alpha value is -2.64. The molecule has 4 rings (SSSR count). The van der Waals surface area contributed by atoms with Crippen molar-refractivity contribution in [2.75, 3.05) is 38.3 Å². The van der Waals surface area contributed by atoms with Gasteiger partial charge < -0.3 is 9.64 Å². The van der Waals surface area contributed by atoms with E-state index < -0.39 is 0 Å². The van der Waals surface area contributed by atoms with Gasteiger partial charge >= 0.3 is 0 Å². The van der Waals surface area contributed by atoms with Gasteiger partial charge in [0, 0.05) is 20.2 Å². The number of nitrogens with zero attached hydrogens (tertiary/aromatic N) is 3. The van der Waals surface area contributed by atoms with Crippen molar-refractivity contribution in [1.29, 1.82) is 0 Å². The summed E-state index contributed by atoms with van der Waals surface area (Å²) in [5.74, 6) is -0.396. The molecule has 0 N–H and O–H groups in total. The van der Waals surface area contributed by atoms with Crippen LogP contribution in [0.3, 0.4) is 0 Å². The minimum Gasteiger partial charge on any atom is -0.383 e. The Morgan fingerprint density at radius 2 is 1.93 bits per heavy atom. The normalized spacial score (nSPS) is 19.5. The average Bonchev–Trinajstić information content (AvgIpc) is 3.37. The number of carbonyl (C=O) groups is 1. The highest BCUT2D eigenvalue weighted by molar-refractivity contribution is 8.18. The summed E-state index contributed by atoms with van der Waals surface area (Å²) in [6.45, 7) is 2.60. The van der Waals surface area contributed by atoms with E-state index in [1.807, 2.05) is 36.4 Å². The van der Waals surface area contributed by atoms with E-state index in [2.05, 4.69) is 9.89 Å². The molecule has 0 saturated carbocycles. The lowest BCUT2D eigenvalue weighted by Crippen LogP contribution is -2.32. The second kappa shape index (κ2) is 9.45. The summed E-state index contributed by atoms with van der Waals surface area (Å²) >= 11 is 1.30. The Kier molecular flexibility index (Phi) is 6.50. The van der Waals surface area contributed by atoms with Crippen LogP contribution in [0, 0.1) is 5.82 Å². The highest BCUT2D eigenvalue weighted by Crippen LogP contribution is 2.34. The molecule has 1 amide bonds. The Morgan fingerprint density at radius 1 is 1.17 bits per heavy atom. The zero-order chi connectivity index (χ0) is 20.9. The van der Waals surface area contributed by atoms with E-state index in [0.717, 1.165) is 31.6 Å². The van der Waals surface area contributed by atoms with E-state index in [4.69, 9.17) is 4.74 Å². The molecular weight excluding hydrogens is 401 g/mol. The van der Waals surface area contributed by atoms with Crippen LogP contribution < -0.4 is 4.90 Å². The molecule has 0 atom stereocenters. The van der Waals surface area contributed by atoms with Crippen LogP contribution in [0.5, 0.6) is 0 Å². The van der Waals surface area contributed by atoms with E-state index in [1.54, 1.807) is 24.2 Å². The minimum atomic E-state index is -0.254. The van der Waals surface area contributed by atoms with Crippen LogP contribution >= 0.6 is 11.8 Å². The Morgan fingerprint density at radius 3 is 2.63 bits per heavy atom. The second-order valence-electron chi connectivity index (χ2n) is 7.20. The zero-order valence-corrected chi connectivity index (χ0v) is 17.7. The summed E-state index contributed by atoms with van der Waals surface area (Å²) in [5, 5.41) is 0.601. The largest absolute Gasteiger partial charge is 0.383 e. The van der Waals surface area contributed by atoms with Crippen molar-refractivity contribution in [3.05, 3.63) is 64.8 Å². The zero-order valence-electron chi connectivity index (χ0n) is 16.9. The lowest BCUT2D eigenvalue weighted by molar-refractivity contribution is -0.122. The molecule has 2 aromatic carbocycles. The number of hydrogen-bond donors (Lipinski definition) is 0. The predicted molar refractivity (Wildman–Crippen MR) is 121 cm³/mol. The number of amidine groups is 1. The lowest BCUT2D eigenvalue weighted by Gasteiger charge is -2.18. The van der Waals surface area contributed by atoms with Crippen molar-refractivity contribution >= 4 is 40.3 Å². The third kappa shape index (κ3) is 4.57. The molecule has 0 unspecified atom stereocenters. The first kappa shape index (κ1) is 20.6. The number of rotatable bonds is 6. The third-order valence-corrected chi connectivity index (χ3v) is 6.11. The summed E-state index contributed by atoms with van der Waals surface area (Å²) < 4.78 is 19.8. The van der Waals surface area contributed by atoms with Gasteiger partial charge in [-0.2, -0.15) is 0 Å². The Bertz CT molecular complexity index is 972. The number of hydrogen-bond acceptors (Lipinski definition) is 5. The van der Waals surface area contributed by atoms with Gasteiger partial charge in [0.2, 0.25) is 0 Å². The summed E-state index contributed by atoms with van der Waals surface area (Å²) in [4.78, 5) is 21.8. The fraction of sp³-hybridized carbons (Fsp3) is 0.304. The number of amides is 1. The van der Waals surface area contributed by atoms with E-state index in [-0.39, 0.29) is 11.7 Å². The maximum absolute atomic E-state index is 14.7. The van der Waals surface area contributed by atoms with Gasteiger partial charge in [-0.15, -0.1) is 0 Å². The second-order valence-corrected chi connectivity index (χ2v) is 8.20. The van der Waals surface area contributed by atoms with E-state index >= 15 is 0 Å². The van der Waals surface area contributed by atoms with Gasteiger partial charge in [-0.25, -0.2) is 9.38 Å². The highest BCUT2D eigenvalue weighted by atomic mass is 32.2. The van der Waals surface area contributed by atoms with Crippen LogP contribution in [0.2, 0.25) is 0 Å². The Labute approximate surface area is 180 Å². The molecule has 0 aromatic heterocycles. The van der Waals surface area contributed by atoms with Crippen LogP contribution in [-0.2, 0) is 9.53 Å². The molecule has 7 heteroatoms. The van der Waals surface area contributed by atoms with Crippen LogP contribution in [-0.4, -0.2) is 49.3 Å². The molecule has 0 aliphatic carbocycles. The van der Waals surface area contributed by atoms with Crippen molar-refractivity contribution in [3.63, 3.8) is 0 Å². The first-order valence-corrected chi connectivity index (χ1v) is 10.9. The van der Waals surface area contributed by atoms with Gasteiger partial charge in [-0.1, -0.05) is 24.3 Å². The van der Waals surface area contributed by atoms with E-state index in [0.29, 0.717) is 34.5 Å². The number of carbonyl (C=O) groups excluding carboxylic acids is 1. The molecule has 0 radical (unpaired) electrons. The monoisotopic (exact) mass is 425 g/mol. The van der Waals surface area contributed by atoms with Crippen molar-refractivity contribution in [1.82, 2.24) is 4.90 Å². The summed E-state index contributed by atoms with van der Waals surface area (Å²) in [6, 6.07) is 14.7. The fourth-order valence-electron chi connectivity index (χ4n) is 3.56. The van der Waals surface area contributed by atoms with Gasteiger partial charge in [0.05, 0.1) is 29.4 Å². The number of halogens is 1. The van der Waals surface area contributed by atoms with Gasteiger partial charge in [0.15, 0.2) is 5.17 Å². The smallest absolute Gasteiger partial charge is 0.266 e. The molecule has 5 nitrogen and oxygen atoms in total. The Balaban J connectivity index is 1.60. The maximum Gasteiger partial charge on any atom is 0.266 e.